The molecule has 1 atom stereocenters. The zero-order valence-corrected chi connectivity index (χ0v) is 17.3. The Morgan fingerprint density at radius 1 is 1.20 bits per heavy atom. The van der Waals surface area contributed by atoms with Gasteiger partial charge in [0.05, 0.1) is 0 Å². The molecule has 1 aromatic heterocycles. The van der Waals surface area contributed by atoms with Gasteiger partial charge in [-0.1, -0.05) is 30.3 Å². The van der Waals surface area contributed by atoms with Crippen molar-refractivity contribution < 1.29 is 23.8 Å². The third-order valence-corrected chi connectivity index (χ3v) is 5.19. The summed E-state index contributed by atoms with van der Waals surface area (Å²) in [6, 6.07) is 13.4. The lowest BCUT2D eigenvalue weighted by molar-refractivity contribution is -0.141. The highest BCUT2D eigenvalue weighted by molar-refractivity contribution is 7.98. The van der Waals surface area contributed by atoms with Crippen molar-refractivity contribution in [1.29, 1.82) is 0 Å². The second-order valence-electron chi connectivity index (χ2n) is 6.61. The minimum atomic E-state index is -1.10. The van der Waals surface area contributed by atoms with E-state index in [-0.39, 0.29) is 12.4 Å². The number of carbonyl (C=O) groups is 2. The molecule has 0 saturated carbocycles. The molecular formula is C22H21NO6S. The first-order valence-corrected chi connectivity index (χ1v) is 10.6. The van der Waals surface area contributed by atoms with Gasteiger partial charge in [-0.05, 0) is 36.4 Å². The van der Waals surface area contributed by atoms with E-state index >= 15 is 0 Å². The van der Waals surface area contributed by atoms with Crippen LogP contribution in [0.3, 0.4) is 0 Å². The Hall–Kier alpha value is -3.26. The van der Waals surface area contributed by atoms with Gasteiger partial charge in [0.2, 0.25) is 0 Å². The predicted molar refractivity (Wildman–Crippen MR) is 116 cm³/mol. The van der Waals surface area contributed by atoms with Gasteiger partial charge in [-0.3, -0.25) is 4.79 Å². The van der Waals surface area contributed by atoms with Crippen molar-refractivity contribution in [1.82, 2.24) is 5.32 Å². The largest absolute Gasteiger partial charge is 0.483 e. The Labute approximate surface area is 177 Å². The number of aliphatic carboxylic acids is 1. The summed E-state index contributed by atoms with van der Waals surface area (Å²) < 4.78 is 11.0. The maximum atomic E-state index is 12.1. The number of carboxylic acid groups (broad SMARTS) is 1. The standard InChI is InChI=1S/C22H21NO6S/c1-13-18(28-11-19(24)23-17(12-30-2)22(26)27)9-8-15-16(10-20(25)29-21(13)15)14-6-4-3-5-7-14/h3-10,17H,11-12H2,1-2H3,(H,23,24)(H,26,27). The van der Waals surface area contributed by atoms with Crippen LogP contribution in [0.15, 0.2) is 57.7 Å². The van der Waals surface area contributed by atoms with Gasteiger partial charge in [0.1, 0.15) is 17.4 Å². The molecule has 0 spiro atoms. The van der Waals surface area contributed by atoms with E-state index in [4.69, 9.17) is 14.3 Å². The van der Waals surface area contributed by atoms with E-state index in [1.165, 1.54) is 17.8 Å². The molecule has 8 heteroatoms. The molecule has 1 heterocycles. The predicted octanol–water partition coefficient (Wildman–Crippen LogP) is 3.08. The van der Waals surface area contributed by atoms with E-state index in [9.17, 15) is 14.4 Å². The molecule has 0 saturated heterocycles. The maximum absolute atomic E-state index is 12.1. The molecule has 156 valence electrons. The Morgan fingerprint density at radius 2 is 1.93 bits per heavy atom. The number of benzene rings is 2. The number of hydrogen-bond donors (Lipinski definition) is 2. The number of amides is 1. The fraction of sp³-hybridized carbons (Fsp3) is 0.227. The van der Waals surface area contributed by atoms with Gasteiger partial charge >= 0.3 is 11.6 Å². The molecule has 7 nitrogen and oxygen atoms in total. The van der Waals surface area contributed by atoms with E-state index < -0.39 is 23.5 Å². The molecular weight excluding hydrogens is 406 g/mol. The molecule has 3 aromatic rings. The van der Waals surface area contributed by atoms with Crippen LogP contribution in [-0.4, -0.2) is 41.6 Å². The van der Waals surface area contributed by atoms with Crippen LogP contribution in [0, 0.1) is 6.92 Å². The highest BCUT2D eigenvalue weighted by atomic mass is 32.2. The molecule has 0 aliphatic heterocycles. The summed E-state index contributed by atoms with van der Waals surface area (Å²) >= 11 is 1.32. The summed E-state index contributed by atoms with van der Waals surface area (Å²) in [5, 5.41) is 12.3. The lowest BCUT2D eigenvalue weighted by Gasteiger charge is -2.15. The lowest BCUT2D eigenvalue weighted by Crippen LogP contribution is -2.44. The van der Waals surface area contributed by atoms with Crippen LogP contribution in [0.5, 0.6) is 5.75 Å². The van der Waals surface area contributed by atoms with Gasteiger partial charge in [0.15, 0.2) is 6.61 Å². The summed E-state index contributed by atoms with van der Waals surface area (Å²) in [4.78, 5) is 35.4. The second kappa shape index (κ2) is 9.49. The quantitative estimate of drug-likeness (QED) is 0.532. The third-order valence-electron chi connectivity index (χ3n) is 4.52. The van der Waals surface area contributed by atoms with Gasteiger partial charge in [-0.15, -0.1) is 0 Å². The summed E-state index contributed by atoms with van der Waals surface area (Å²) in [6.45, 7) is 1.38. The van der Waals surface area contributed by atoms with E-state index in [0.29, 0.717) is 16.9 Å². The monoisotopic (exact) mass is 427 g/mol. The minimum absolute atomic E-state index is 0.253. The minimum Gasteiger partial charge on any atom is -0.483 e. The fourth-order valence-corrected chi connectivity index (χ4v) is 3.64. The van der Waals surface area contributed by atoms with Gasteiger partial charge in [-0.25, -0.2) is 9.59 Å². The zero-order chi connectivity index (χ0) is 21.7. The van der Waals surface area contributed by atoms with Crippen LogP contribution in [0.2, 0.25) is 0 Å². The van der Waals surface area contributed by atoms with Crippen LogP contribution in [0.4, 0.5) is 0 Å². The molecule has 0 aliphatic carbocycles. The average molecular weight is 427 g/mol. The molecule has 0 radical (unpaired) electrons. The number of carboxylic acids is 1. The molecule has 0 aliphatic rings. The van der Waals surface area contributed by atoms with Crippen LogP contribution in [0.1, 0.15) is 5.56 Å². The van der Waals surface area contributed by atoms with Gasteiger partial charge in [0, 0.05) is 22.8 Å². The van der Waals surface area contributed by atoms with Crippen LogP contribution in [-0.2, 0) is 9.59 Å². The van der Waals surface area contributed by atoms with Gasteiger partial charge in [0.25, 0.3) is 5.91 Å². The van der Waals surface area contributed by atoms with E-state index in [1.807, 2.05) is 30.3 Å². The average Bonchev–Trinajstić information content (AvgIpc) is 2.73. The second-order valence-corrected chi connectivity index (χ2v) is 7.52. The van der Waals surface area contributed by atoms with E-state index in [1.54, 1.807) is 25.3 Å². The first kappa shape index (κ1) is 21.4. The topological polar surface area (TPSA) is 106 Å². The molecule has 2 aromatic carbocycles. The van der Waals surface area contributed by atoms with Crippen molar-refractivity contribution >= 4 is 34.6 Å². The Kier molecular flexibility index (Phi) is 6.79. The number of hydrogen-bond acceptors (Lipinski definition) is 6. The van der Waals surface area contributed by atoms with Crippen molar-refractivity contribution in [3.8, 4) is 16.9 Å². The molecule has 30 heavy (non-hydrogen) atoms. The normalized spacial score (nSPS) is 11.8. The number of nitrogens with one attached hydrogen (secondary N) is 1. The maximum Gasteiger partial charge on any atom is 0.336 e. The van der Waals surface area contributed by atoms with Crippen LogP contribution >= 0.6 is 11.8 Å². The number of aryl methyl sites for hydroxylation is 1. The fourth-order valence-electron chi connectivity index (χ4n) is 3.08. The summed E-state index contributed by atoms with van der Waals surface area (Å²) in [6.07, 6.45) is 1.76. The molecule has 1 unspecified atom stereocenters. The number of fused-ring (bicyclic) bond motifs is 1. The molecule has 1 amide bonds. The summed E-state index contributed by atoms with van der Waals surface area (Å²) in [5.41, 5.74) is 2.10. The number of thioether (sulfide) groups is 1. The van der Waals surface area contributed by atoms with Crippen molar-refractivity contribution in [2.45, 2.75) is 13.0 Å². The lowest BCUT2D eigenvalue weighted by atomic mass is 10.0. The van der Waals surface area contributed by atoms with Gasteiger partial charge in [-0.2, -0.15) is 11.8 Å². The Morgan fingerprint density at radius 3 is 2.60 bits per heavy atom. The van der Waals surface area contributed by atoms with Crippen LogP contribution in [0.25, 0.3) is 22.1 Å². The Balaban J connectivity index is 1.85. The van der Waals surface area contributed by atoms with Crippen molar-refractivity contribution in [2.24, 2.45) is 0 Å². The van der Waals surface area contributed by atoms with E-state index in [2.05, 4.69) is 5.32 Å². The molecule has 2 N–H and O–H groups in total. The van der Waals surface area contributed by atoms with Gasteiger partial charge < -0.3 is 19.6 Å². The van der Waals surface area contributed by atoms with E-state index in [0.717, 1.165) is 16.5 Å². The van der Waals surface area contributed by atoms with Crippen molar-refractivity contribution in [2.75, 3.05) is 18.6 Å². The molecule has 0 bridgehead atoms. The van der Waals surface area contributed by atoms with Crippen molar-refractivity contribution in [3.05, 3.63) is 64.5 Å². The smallest absolute Gasteiger partial charge is 0.336 e. The summed E-state index contributed by atoms with van der Waals surface area (Å²) in [7, 11) is 0. The highest BCUT2D eigenvalue weighted by Crippen LogP contribution is 2.32. The zero-order valence-electron chi connectivity index (χ0n) is 16.5. The number of rotatable bonds is 8. The molecule has 0 fully saturated rings. The SMILES string of the molecule is CSCC(NC(=O)COc1ccc2c(-c3ccccc3)cc(=O)oc2c1C)C(=O)O. The number of ether oxygens (including phenoxy) is 1. The first-order chi connectivity index (χ1) is 14.4. The summed E-state index contributed by atoms with van der Waals surface area (Å²) in [5.74, 6) is -1.02. The molecule has 3 rings (SSSR count). The van der Waals surface area contributed by atoms with Crippen LogP contribution < -0.4 is 15.7 Å². The highest BCUT2D eigenvalue weighted by Gasteiger charge is 2.20. The third kappa shape index (κ3) is 4.83. The first-order valence-electron chi connectivity index (χ1n) is 9.17. The number of carbonyl (C=O) groups excluding carboxylic acids is 1. The van der Waals surface area contributed by atoms with Crippen molar-refractivity contribution in [3.63, 3.8) is 0 Å². The Bertz CT molecular complexity index is 1130.